The lowest BCUT2D eigenvalue weighted by atomic mass is 9.84. The van der Waals surface area contributed by atoms with Crippen molar-refractivity contribution in [3.05, 3.63) is 24.0 Å². The Morgan fingerprint density at radius 2 is 1.97 bits per heavy atom. The lowest BCUT2D eigenvalue weighted by Crippen LogP contribution is -2.50. The van der Waals surface area contributed by atoms with Crippen molar-refractivity contribution in [3.8, 4) is 0 Å². The van der Waals surface area contributed by atoms with Crippen LogP contribution in [-0.4, -0.2) is 49.0 Å². The van der Waals surface area contributed by atoms with Gasteiger partial charge in [-0.3, -0.25) is 0 Å². The maximum atomic E-state index is 5.65. The van der Waals surface area contributed by atoms with E-state index in [0.29, 0.717) is 12.6 Å². The van der Waals surface area contributed by atoms with Gasteiger partial charge in [0.15, 0.2) is 5.82 Å². The number of hydrogen-bond acceptors (Lipinski definition) is 6. The summed E-state index contributed by atoms with van der Waals surface area (Å²) in [5, 5.41) is 17.2. The summed E-state index contributed by atoms with van der Waals surface area (Å²) >= 11 is 0. The number of rotatable bonds is 10. The highest BCUT2D eigenvalue weighted by molar-refractivity contribution is 5.12. The average molecular weight is 400 g/mol. The topological polar surface area (TPSA) is 82.7 Å². The molecule has 0 amide bonds. The van der Waals surface area contributed by atoms with Crippen LogP contribution in [0.1, 0.15) is 69.6 Å². The summed E-state index contributed by atoms with van der Waals surface area (Å²) in [6, 6.07) is 0.544. The van der Waals surface area contributed by atoms with E-state index >= 15 is 0 Å². The van der Waals surface area contributed by atoms with Crippen LogP contribution in [0.5, 0.6) is 0 Å². The molecule has 2 aromatic heterocycles. The highest BCUT2D eigenvalue weighted by atomic mass is 16.5. The van der Waals surface area contributed by atoms with Gasteiger partial charge in [-0.05, 0) is 48.4 Å². The van der Waals surface area contributed by atoms with Crippen LogP contribution in [0.25, 0.3) is 0 Å². The molecule has 158 valence electrons. The van der Waals surface area contributed by atoms with Crippen molar-refractivity contribution in [1.82, 2.24) is 35.1 Å². The minimum Gasteiger partial charge on any atom is -0.379 e. The van der Waals surface area contributed by atoms with Gasteiger partial charge in [-0.15, -0.1) is 5.10 Å². The van der Waals surface area contributed by atoms with E-state index in [-0.39, 0.29) is 11.6 Å². The van der Waals surface area contributed by atoms with Gasteiger partial charge < -0.3 is 14.6 Å². The Kier molecular flexibility index (Phi) is 5.16. The molecule has 2 aliphatic carbocycles. The molecule has 1 N–H and O–H groups in total. The summed E-state index contributed by atoms with van der Waals surface area (Å²) in [7, 11) is 2.07. The van der Waals surface area contributed by atoms with Gasteiger partial charge in [0.25, 0.3) is 0 Å². The van der Waals surface area contributed by atoms with Crippen LogP contribution in [0.3, 0.4) is 0 Å². The summed E-state index contributed by atoms with van der Waals surface area (Å²) < 4.78 is 9.85. The van der Waals surface area contributed by atoms with E-state index < -0.39 is 0 Å². The summed E-state index contributed by atoms with van der Waals surface area (Å²) in [6.07, 6.45) is 13.4. The number of hydrogen-bond donors (Lipinski definition) is 1. The maximum Gasteiger partial charge on any atom is 0.171 e. The van der Waals surface area contributed by atoms with Crippen molar-refractivity contribution in [1.29, 1.82) is 0 Å². The zero-order valence-corrected chi connectivity index (χ0v) is 17.6. The van der Waals surface area contributed by atoms with Crippen molar-refractivity contribution in [2.45, 2.75) is 75.9 Å². The lowest BCUT2D eigenvalue weighted by molar-refractivity contribution is 0.173. The fourth-order valence-corrected chi connectivity index (χ4v) is 4.94. The van der Waals surface area contributed by atoms with Crippen LogP contribution in [0.15, 0.2) is 12.4 Å². The van der Waals surface area contributed by atoms with Gasteiger partial charge >= 0.3 is 0 Å². The third-order valence-corrected chi connectivity index (χ3v) is 6.77. The third kappa shape index (κ3) is 4.23. The third-order valence-electron chi connectivity index (χ3n) is 6.77. The predicted molar refractivity (Wildman–Crippen MR) is 108 cm³/mol. The zero-order chi connectivity index (χ0) is 19.8. The first kappa shape index (κ1) is 19.2. The second-order valence-corrected chi connectivity index (χ2v) is 9.55. The summed E-state index contributed by atoms with van der Waals surface area (Å²) in [6.45, 7) is 3.78. The maximum absolute atomic E-state index is 5.65. The van der Waals surface area contributed by atoms with Crippen molar-refractivity contribution < 1.29 is 4.74 Å². The molecular weight excluding hydrogens is 366 g/mol. The number of nitrogens with one attached hydrogen (secondary N) is 1. The van der Waals surface area contributed by atoms with E-state index in [9.17, 15) is 0 Å². The second-order valence-electron chi connectivity index (χ2n) is 9.55. The predicted octanol–water partition coefficient (Wildman–Crippen LogP) is 2.38. The largest absolute Gasteiger partial charge is 0.379 e. The molecule has 3 aliphatic rings. The molecule has 0 aromatic carbocycles. The van der Waals surface area contributed by atoms with Gasteiger partial charge in [-0.1, -0.05) is 25.7 Å². The standard InChI is InChI=1S/C21H33N7O/c1-15(11-19-22-8-9-27(19)2)23-21(12-16-3-4-16,13-17-5-6-17)20-24-25-26-28(20)18-7-10-29-14-18/h8-9,15-18,23H,3-7,10-14H2,1-2H3. The van der Waals surface area contributed by atoms with Crippen LogP contribution in [0.2, 0.25) is 0 Å². The molecule has 29 heavy (non-hydrogen) atoms. The highest BCUT2D eigenvalue weighted by Gasteiger charge is 2.47. The first-order valence-corrected chi connectivity index (χ1v) is 11.2. The summed E-state index contributed by atoms with van der Waals surface area (Å²) in [4.78, 5) is 4.54. The van der Waals surface area contributed by atoms with Crippen LogP contribution < -0.4 is 5.32 Å². The SMILES string of the molecule is CC(Cc1nccn1C)NC(CC1CC1)(CC1CC1)c1nnnn1C1CCOC1. The average Bonchev–Trinajstić information content (AvgIpc) is 3.48. The van der Waals surface area contributed by atoms with E-state index in [1.54, 1.807) is 0 Å². The number of tetrazole rings is 1. The van der Waals surface area contributed by atoms with Gasteiger partial charge in [0.05, 0.1) is 18.2 Å². The molecule has 5 rings (SSSR count). The second kappa shape index (κ2) is 7.80. The van der Waals surface area contributed by atoms with Gasteiger partial charge in [0.2, 0.25) is 0 Å². The molecule has 0 spiro atoms. The molecule has 1 aliphatic heterocycles. The number of nitrogens with zero attached hydrogens (tertiary/aromatic N) is 6. The van der Waals surface area contributed by atoms with Crippen LogP contribution in [0, 0.1) is 11.8 Å². The van der Waals surface area contributed by atoms with Crippen LogP contribution >= 0.6 is 0 Å². The van der Waals surface area contributed by atoms with Gasteiger partial charge in [-0.2, -0.15) is 0 Å². The number of aromatic nitrogens is 6. The van der Waals surface area contributed by atoms with E-state index in [1.807, 2.05) is 12.4 Å². The number of aryl methyl sites for hydroxylation is 1. The van der Waals surface area contributed by atoms with Crippen molar-refractivity contribution in [2.75, 3.05) is 13.2 Å². The number of ether oxygens (including phenoxy) is 1. The minimum atomic E-state index is -0.168. The number of imidazole rings is 1. The van der Waals surface area contributed by atoms with Crippen LogP contribution in [0.4, 0.5) is 0 Å². The Bertz CT molecular complexity index is 803. The molecule has 1 saturated heterocycles. The Balaban J connectivity index is 1.45. The van der Waals surface area contributed by atoms with E-state index in [4.69, 9.17) is 4.74 Å². The molecule has 3 fully saturated rings. The first-order valence-electron chi connectivity index (χ1n) is 11.2. The fourth-order valence-electron chi connectivity index (χ4n) is 4.94. The molecular formula is C21H33N7O. The molecule has 0 radical (unpaired) electrons. The molecule has 2 saturated carbocycles. The monoisotopic (exact) mass is 399 g/mol. The van der Waals surface area contributed by atoms with E-state index in [1.165, 1.54) is 25.7 Å². The molecule has 0 bridgehead atoms. The van der Waals surface area contributed by atoms with Crippen molar-refractivity contribution >= 4 is 0 Å². The zero-order valence-electron chi connectivity index (χ0n) is 17.6. The molecule has 8 nitrogen and oxygen atoms in total. The van der Waals surface area contributed by atoms with Gasteiger partial charge in [-0.25, -0.2) is 9.67 Å². The van der Waals surface area contributed by atoms with Crippen molar-refractivity contribution in [3.63, 3.8) is 0 Å². The molecule has 8 heteroatoms. The molecule has 2 atom stereocenters. The smallest absolute Gasteiger partial charge is 0.171 e. The molecule has 2 aromatic rings. The quantitative estimate of drug-likeness (QED) is 0.660. The minimum absolute atomic E-state index is 0.168. The van der Waals surface area contributed by atoms with Gasteiger partial charge in [0, 0.05) is 38.5 Å². The lowest BCUT2D eigenvalue weighted by Gasteiger charge is -2.37. The van der Waals surface area contributed by atoms with E-state index in [0.717, 1.165) is 55.8 Å². The van der Waals surface area contributed by atoms with Gasteiger partial charge in [0.1, 0.15) is 5.82 Å². The Morgan fingerprint density at radius 1 is 1.21 bits per heavy atom. The Hall–Kier alpha value is -1.80. The van der Waals surface area contributed by atoms with Crippen LogP contribution in [-0.2, 0) is 23.7 Å². The first-order chi connectivity index (χ1) is 14.1. The van der Waals surface area contributed by atoms with Crippen molar-refractivity contribution in [2.24, 2.45) is 18.9 Å². The summed E-state index contributed by atoms with van der Waals surface area (Å²) in [5.41, 5.74) is -0.168. The molecule has 3 heterocycles. The Morgan fingerprint density at radius 3 is 2.55 bits per heavy atom. The van der Waals surface area contributed by atoms with E-state index in [2.05, 4.69) is 49.0 Å². The fraction of sp³-hybridized carbons (Fsp3) is 0.810. The molecule has 2 unspecified atom stereocenters. The summed E-state index contributed by atoms with van der Waals surface area (Å²) in [5.74, 6) is 3.71. The highest BCUT2D eigenvalue weighted by Crippen LogP contribution is 2.48. The normalized spacial score (nSPS) is 23.6. The Labute approximate surface area is 172 Å².